The van der Waals surface area contributed by atoms with Gasteiger partial charge in [0.1, 0.15) is 5.82 Å². The number of rotatable bonds is 3. The van der Waals surface area contributed by atoms with Gasteiger partial charge in [-0.15, -0.1) is 0 Å². The summed E-state index contributed by atoms with van der Waals surface area (Å²) in [7, 11) is -3.83. The molecule has 4 rings (SSSR count). The highest BCUT2D eigenvalue weighted by atomic mass is 32.2. The molecule has 3 nitrogen and oxygen atoms in total. The third-order valence-electron chi connectivity index (χ3n) is 5.58. The summed E-state index contributed by atoms with van der Waals surface area (Å²) in [5.74, 6) is -1.30. The van der Waals surface area contributed by atoms with Gasteiger partial charge in [-0.05, 0) is 77.6 Å². The molecule has 0 aliphatic heterocycles. The highest BCUT2D eigenvalue weighted by Gasteiger charge is 2.48. The van der Waals surface area contributed by atoms with Gasteiger partial charge in [-0.25, -0.2) is 17.9 Å². The van der Waals surface area contributed by atoms with Crippen molar-refractivity contribution in [3.8, 4) is 0 Å². The minimum Gasteiger partial charge on any atom is -0.225 e. The Hall–Kier alpha value is -2.19. The van der Waals surface area contributed by atoms with Crippen molar-refractivity contribution in [1.82, 2.24) is 0 Å². The molecule has 2 N–H and O–H groups in total. The van der Waals surface area contributed by atoms with Crippen LogP contribution in [0.3, 0.4) is 0 Å². The first-order chi connectivity index (χ1) is 13.0. The summed E-state index contributed by atoms with van der Waals surface area (Å²) in [5, 5.41) is 5.12. The largest absolute Gasteiger partial charge is 0.419 e. The molecule has 2 aromatic rings. The lowest BCUT2D eigenvalue weighted by Crippen LogP contribution is -2.11. The number of sulfonamides is 1. The smallest absolute Gasteiger partial charge is 0.225 e. The van der Waals surface area contributed by atoms with Crippen LogP contribution in [-0.2, 0) is 16.2 Å². The molecule has 1 fully saturated rings. The maximum Gasteiger partial charge on any atom is 0.419 e. The van der Waals surface area contributed by atoms with Gasteiger partial charge in [0.15, 0.2) is 0 Å². The van der Waals surface area contributed by atoms with Crippen molar-refractivity contribution in [3.63, 3.8) is 0 Å². The topological polar surface area (TPSA) is 60.2 Å². The summed E-state index contributed by atoms with van der Waals surface area (Å²) in [5.41, 5.74) is 1.49. The van der Waals surface area contributed by atoms with E-state index >= 15 is 0 Å². The molecule has 0 bridgehead atoms. The summed E-state index contributed by atoms with van der Waals surface area (Å²) < 4.78 is 76.0. The maximum atomic E-state index is 13.7. The molecule has 0 atom stereocenters. The van der Waals surface area contributed by atoms with Crippen LogP contribution in [0.15, 0.2) is 47.4 Å². The van der Waals surface area contributed by atoms with Crippen molar-refractivity contribution in [2.24, 2.45) is 10.6 Å². The number of benzene rings is 2. The number of allylic oxidation sites excluding steroid dienone is 2. The van der Waals surface area contributed by atoms with Crippen LogP contribution in [0.4, 0.5) is 17.6 Å². The Kier molecular flexibility index (Phi) is 4.21. The summed E-state index contributed by atoms with van der Waals surface area (Å²) in [4.78, 5) is -0.0290. The number of alkyl halides is 3. The lowest BCUT2D eigenvalue weighted by Gasteiger charge is -2.13. The van der Waals surface area contributed by atoms with Crippen molar-refractivity contribution in [1.29, 1.82) is 0 Å². The Morgan fingerprint density at radius 3 is 1.93 bits per heavy atom. The SMILES string of the molecule is NS(=O)(=O)c1ccc(C2=C(c3ccc(F)c(C(F)(F)F)c3)CC3(CC3)C2)cc1. The average Bonchev–Trinajstić information content (AvgIpc) is 3.25. The van der Waals surface area contributed by atoms with Crippen molar-refractivity contribution in [2.75, 3.05) is 0 Å². The predicted molar refractivity (Wildman–Crippen MR) is 96.9 cm³/mol. The van der Waals surface area contributed by atoms with Gasteiger partial charge < -0.3 is 0 Å². The minimum absolute atomic E-state index is 0.0290. The molecule has 2 aliphatic rings. The van der Waals surface area contributed by atoms with E-state index in [4.69, 9.17) is 5.14 Å². The van der Waals surface area contributed by atoms with Gasteiger partial charge in [-0.2, -0.15) is 13.2 Å². The zero-order valence-corrected chi connectivity index (χ0v) is 15.5. The van der Waals surface area contributed by atoms with Crippen molar-refractivity contribution >= 4 is 21.2 Å². The highest BCUT2D eigenvalue weighted by Crippen LogP contribution is 2.63. The van der Waals surface area contributed by atoms with E-state index in [1.807, 2.05) is 0 Å². The van der Waals surface area contributed by atoms with Crippen molar-refractivity contribution in [3.05, 3.63) is 65.0 Å². The summed E-state index contributed by atoms with van der Waals surface area (Å²) >= 11 is 0. The molecule has 0 unspecified atom stereocenters. The van der Waals surface area contributed by atoms with Gasteiger partial charge in [-0.3, -0.25) is 0 Å². The molecule has 1 spiro atoms. The van der Waals surface area contributed by atoms with Crippen molar-refractivity contribution in [2.45, 2.75) is 36.8 Å². The number of primary sulfonamides is 1. The molecular weight excluding hydrogens is 394 g/mol. The molecule has 28 heavy (non-hydrogen) atoms. The Morgan fingerprint density at radius 2 is 1.43 bits per heavy atom. The number of nitrogens with two attached hydrogens (primary N) is 1. The molecule has 0 saturated heterocycles. The van der Waals surface area contributed by atoms with Crippen LogP contribution in [0.1, 0.15) is 42.4 Å². The number of hydrogen-bond donors (Lipinski definition) is 1. The second-order valence-corrected chi connectivity index (χ2v) is 9.13. The first kappa shape index (κ1) is 19.1. The van der Waals surface area contributed by atoms with Crippen LogP contribution in [0.5, 0.6) is 0 Å². The van der Waals surface area contributed by atoms with Crippen molar-refractivity contribution < 1.29 is 26.0 Å². The molecule has 1 saturated carbocycles. The van der Waals surface area contributed by atoms with Gasteiger partial charge >= 0.3 is 6.18 Å². The van der Waals surface area contributed by atoms with Crippen LogP contribution in [-0.4, -0.2) is 8.42 Å². The molecule has 2 aliphatic carbocycles. The van der Waals surface area contributed by atoms with Gasteiger partial charge in [0, 0.05) is 0 Å². The van der Waals surface area contributed by atoms with E-state index < -0.39 is 27.6 Å². The Bertz CT molecular complexity index is 1080. The van der Waals surface area contributed by atoms with Gasteiger partial charge in [0.25, 0.3) is 0 Å². The third kappa shape index (κ3) is 3.46. The molecule has 0 radical (unpaired) electrons. The summed E-state index contributed by atoms with van der Waals surface area (Å²) in [6.45, 7) is 0. The quantitative estimate of drug-likeness (QED) is 0.725. The molecule has 0 aromatic heterocycles. The minimum atomic E-state index is -4.77. The number of halogens is 4. The fourth-order valence-electron chi connectivity index (χ4n) is 3.88. The Morgan fingerprint density at radius 1 is 0.893 bits per heavy atom. The Labute approximate surface area is 159 Å². The molecule has 0 heterocycles. The Balaban J connectivity index is 1.81. The second-order valence-electron chi connectivity index (χ2n) is 7.57. The lowest BCUT2D eigenvalue weighted by molar-refractivity contribution is -0.140. The van der Waals surface area contributed by atoms with Gasteiger partial charge in [0.05, 0.1) is 10.5 Å². The lowest BCUT2D eigenvalue weighted by atomic mass is 9.95. The van der Waals surface area contributed by atoms with E-state index in [1.54, 1.807) is 12.1 Å². The zero-order valence-electron chi connectivity index (χ0n) is 14.7. The first-order valence-electron chi connectivity index (χ1n) is 8.71. The van der Waals surface area contributed by atoms with Gasteiger partial charge in [0.2, 0.25) is 10.0 Å². The molecular formula is C20H17F4NO2S. The number of hydrogen-bond acceptors (Lipinski definition) is 2. The van der Waals surface area contributed by atoms with E-state index in [2.05, 4.69) is 0 Å². The first-order valence-corrected chi connectivity index (χ1v) is 10.3. The van der Waals surface area contributed by atoms with E-state index in [-0.39, 0.29) is 10.3 Å². The van der Waals surface area contributed by atoms with E-state index in [0.717, 1.165) is 41.7 Å². The molecule has 0 amide bonds. The third-order valence-corrected chi connectivity index (χ3v) is 6.51. The monoisotopic (exact) mass is 411 g/mol. The predicted octanol–water partition coefficient (Wildman–Crippen LogP) is 4.98. The van der Waals surface area contributed by atoms with Gasteiger partial charge in [-0.1, -0.05) is 18.2 Å². The second kappa shape index (κ2) is 6.15. The van der Waals surface area contributed by atoms with E-state index in [9.17, 15) is 26.0 Å². The standard InChI is InChI=1S/C20H17F4NO2S/c21-18-6-3-13(9-17(18)20(22,23)24)16-11-19(7-8-19)10-15(16)12-1-4-14(5-2-12)28(25,26)27/h1-6,9H,7-8,10-11H2,(H2,25,26,27). The zero-order chi connectivity index (χ0) is 20.3. The summed E-state index contributed by atoms with van der Waals surface area (Å²) in [6.07, 6.45) is -1.46. The van der Waals surface area contributed by atoms with Crippen LogP contribution >= 0.6 is 0 Å². The molecule has 2 aromatic carbocycles. The summed E-state index contributed by atoms with van der Waals surface area (Å²) in [6, 6.07) is 9.10. The average molecular weight is 411 g/mol. The van der Waals surface area contributed by atoms with Crippen LogP contribution in [0.25, 0.3) is 11.1 Å². The molecule has 8 heteroatoms. The van der Waals surface area contributed by atoms with E-state index in [1.165, 1.54) is 18.2 Å². The van der Waals surface area contributed by atoms with E-state index in [0.29, 0.717) is 18.4 Å². The molecule has 148 valence electrons. The van der Waals surface area contributed by atoms with Crippen LogP contribution in [0, 0.1) is 11.2 Å². The van der Waals surface area contributed by atoms with Crippen LogP contribution in [0.2, 0.25) is 0 Å². The normalized spacial score (nSPS) is 18.8. The highest BCUT2D eigenvalue weighted by molar-refractivity contribution is 7.89. The fraction of sp³-hybridized carbons (Fsp3) is 0.300. The fourth-order valence-corrected chi connectivity index (χ4v) is 4.40. The van der Waals surface area contributed by atoms with Crippen LogP contribution < -0.4 is 5.14 Å². The maximum absolute atomic E-state index is 13.7.